The van der Waals surface area contributed by atoms with Crippen molar-refractivity contribution in [3.8, 4) is 5.75 Å². The number of sulfonamides is 1. The van der Waals surface area contributed by atoms with Gasteiger partial charge < -0.3 is 4.74 Å². The zero-order chi connectivity index (χ0) is 24.1. The second kappa shape index (κ2) is 8.53. The van der Waals surface area contributed by atoms with Crippen molar-refractivity contribution in [2.45, 2.75) is 43.4 Å². The topological polar surface area (TPSA) is 77.4 Å². The molecule has 0 radical (unpaired) electrons. The van der Waals surface area contributed by atoms with Crippen LogP contribution in [0.3, 0.4) is 0 Å². The monoisotopic (exact) mass is 514 g/mol. The van der Waals surface area contributed by atoms with Crippen molar-refractivity contribution in [3.05, 3.63) is 92.5 Å². The molecule has 0 spiro atoms. The van der Waals surface area contributed by atoms with Crippen molar-refractivity contribution >= 4 is 43.2 Å². The summed E-state index contributed by atoms with van der Waals surface area (Å²) in [5.74, 6) is 0.680. The fourth-order valence-corrected chi connectivity index (χ4v) is 6.67. The first kappa shape index (κ1) is 23.1. The third-order valence-corrected chi connectivity index (χ3v) is 8.54. The van der Waals surface area contributed by atoms with Crippen molar-refractivity contribution < 1.29 is 13.2 Å². The standard InChI is InChI=1S/C25H23ClN2O4S2/c1-25(2)14-20(19-5-3-4-6-22(19)32-25)27-34(30,31)18-11-12-21-23(13-18)33-24(29)28(21)15-16-7-9-17(26)10-8-16/h3-13,20,27H,14-15H2,1-2H3/t20-/m0/s1. The number of nitrogens with zero attached hydrogens (tertiary/aromatic N) is 1. The average Bonchev–Trinajstić information content (AvgIpc) is 3.08. The largest absolute Gasteiger partial charge is 0.487 e. The van der Waals surface area contributed by atoms with Crippen LogP contribution in [-0.4, -0.2) is 18.6 Å². The number of hydrogen-bond acceptors (Lipinski definition) is 5. The minimum absolute atomic E-state index is 0.127. The van der Waals surface area contributed by atoms with Crippen LogP contribution in [0.25, 0.3) is 10.2 Å². The highest BCUT2D eigenvalue weighted by Crippen LogP contribution is 2.40. The highest BCUT2D eigenvalue weighted by Gasteiger charge is 2.36. The highest BCUT2D eigenvalue weighted by molar-refractivity contribution is 7.89. The van der Waals surface area contributed by atoms with E-state index in [2.05, 4.69) is 4.72 Å². The Labute approximate surface area is 206 Å². The van der Waals surface area contributed by atoms with E-state index in [1.54, 1.807) is 34.9 Å². The summed E-state index contributed by atoms with van der Waals surface area (Å²) in [5.41, 5.74) is 1.93. The molecule has 1 aliphatic rings. The average molecular weight is 515 g/mol. The van der Waals surface area contributed by atoms with Crippen molar-refractivity contribution in [1.82, 2.24) is 9.29 Å². The normalized spacial score (nSPS) is 17.3. The van der Waals surface area contributed by atoms with E-state index < -0.39 is 21.7 Å². The zero-order valence-electron chi connectivity index (χ0n) is 18.6. The predicted molar refractivity (Wildman–Crippen MR) is 135 cm³/mol. The minimum Gasteiger partial charge on any atom is -0.487 e. The van der Waals surface area contributed by atoms with Gasteiger partial charge in [-0.1, -0.05) is 53.3 Å². The van der Waals surface area contributed by atoms with Gasteiger partial charge in [-0.25, -0.2) is 13.1 Å². The number of aromatic nitrogens is 1. The van der Waals surface area contributed by atoms with Gasteiger partial charge in [0.2, 0.25) is 10.0 Å². The van der Waals surface area contributed by atoms with Gasteiger partial charge in [-0.05, 0) is 55.8 Å². The molecule has 4 aromatic rings. The number of para-hydroxylation sites is 1. The van der Waals surface area contributed by atoms with Gasteiger partial charge in [-0.2, -0.15) is 0 Å². The van der Waals surface area contributed by atoms with Gasteiger partial charge >= 0.3 is 4.87 Å². The van der Waals surface area contributed by atoms with E-state index in [1.807, 2.05) is 50.2 Å². The van der Waals surface area contributed by atoms with E-state index in [1.165, 1.54) is 0 Å². The van der Waals surface area contributed by atoms with Crippen LogP contribution >= 0.6 is 22.9 Å². The molecular weight excluding hydrogens is 492 g/mol. The third kappa shape index (κ3) is 4.51. The molecular formula is C25H23ClN2O4S2. The molecule has 1 aliphatic heterocycles. The fourth-order valence-electron chi connectivity index (χ4n) is 4.30. The summed E-state index contributed by atoms with van der Waals surface area (Å²) in [7, 11) is -3.84. The number of benzene rings is 3. The molecule has 176 valence electrons. The summed E-state index contributed by atoms with van der Waals surface area (Å²) in [6, 6.07) is 19.2. The molecule has 0 aliphatic carbocycles. The van der Waals surface area contributed by atoms with Gasteiger partial charge in [0.15, 0.2) is 0 Å². The minimum atomic E-state index is -3.84. The Kier molecular flexibility index (Phi) is 5.80. The quantitative estimate of drug-likeness (QED) is 0.389. The maximum Gasteiger partial charge on any atom is 0.308 e. The second-order valence-corrected chi connectivity index (χ2v) is 12.1. The van der Waals surface area contributed by atoms with Gasteiger partial charge in [-0.3, -0.25) is 9.36 Å². The van der Waals surface area contributed by atoms with Crippen molar-refractivity contribution in [3.63, 3.8) is 0 Å². The van der Waals surface area contributed by atoms with Gasteiger partial charge in [0, 0.05) is 17.0 Å². The van der Waals surface area contributed by atoms with Gasteiger partial charge in [0.25, 0.3) is 0 Å². The maximum absolute atomic E-state index is 13.3. The third-order valence-electron chi connectivity index (χ3n) is 5.88. The van der Waals surface area contributed by atoms with Crippen LogP contribution in [-0.2, 0) is 16.6 Å². The van der Waals surface area contributed by atoms with Crippen molar-refractivity contribution in [2.24, 2.45) is 0 Å². The van der Waals surface area contributed by atoms with Gasteiger partial charge in [0.1, 0.15) is 11.4 Å². The van der Waals surface area contributed by atoms with Crippen LogP contribution in [0.5, 0.6) is 5.75 Å². The Hall–Kier alpha value is -2.65. The Balaban J connectivity index is 1.46. The van der Waals surface area contributed by atoms with Crippen LogP contribution in [0.15, 0.2) is 76.4 Å². The molecule has 34 heavy (non-hydrogen) atoms. The molecule has 2 heterocycles. The molecule has 1 aromatic heterocycles. The van der Waals surface area contributed by atoms with E-state index in [0.717, 1.165) is 22.5 Å². The number of thiazole rings is 1. The number of halogens is 1. The van der Waals surface area contributed by atoms with E-state index in [4.69, 9.17) is 16.3 Å². The zero-order valence-corrected chi connectivity index (χ0v) is 21.0. The van der Waals surface area contributed by atoms with Gasteiger partial charge in [-0.15, -0.1) is 0 Å². The molecule has 0 bridgehead atoms. The van der Waals surface area contributed by atoms with E-state index in [9.17, 15) is 13.2 Å². The fraction of sp³-hybridized carbons (Fsp3) is 0.240. The molecule has 0 saturated carbocycles. The number of rotatable bonds is 5. The first-order chi connectivity index (χ1) is 16.1. The predicted octanol–water partition coefficient (Wildman–Crippen LogP) is 5.35. The van der Waals surface area contributed by atoms with E-state index >= 15 is 0 Å². The van der Waals surface area contributed by atoms with E-state index in [0.29, 0.717) is 34.0 Å². The molecule has 6 nitrogen and oxygen atoms in total. The molecule has 0 saturated heterocycles. The Bertz CT molecular complexity index is 1540. The highest BCUT2D eigenvalue weighted by atomic mass is 35.5. The Morgan fingerprint density at radius 1 is 1.12 bits per heavy atom. The van der Waals surface area contributed by atoms with Crippen LogP contribution in [0, 0.1) is 0 Å². The van der Waals surface area contributed by atoms with Crippen molar-refractivity contribution in [1.29, 1.82) is 0 Å². The lowest BCUT2D eigenvalue weighted by molar-refractivity contribution is 0.0702. The van der Waals surface area contributed by atoms with Crippen LogP contribution < -0.4 is 14.3 Å². The summed E-state index contributed by atoms with van der Waals surface area (Å²) < 4.78 is 37.8. The number of nitrogens with one attached hydrogen (secondary N) is 1. The molecule has 3 aromatic carbocycles. The summed E-state index contributed by atoms with van der Waals surface area (Å²) >= 11 is 6.99. The summed E-state index contributed by atoms with van der Waals surface area (Å²) in [5, 5.41) is 0.629. The lowest BCUT2D eigenvalue weighted by Gasteiger charge is -2.37. The Morgan fingerprint density at radius 2 is 1.85 bits per heavy atom. The molecule has 5 rings (SSSR count). The number of ether oxygens (including phenoxy) is 1. The summed E-state index contributed by atoms with van der Waals surface area (Å²) in [6.45, 7) is 4.27. The molecule has 0 unspecified atom stereocenters. The van der Waals surface area contributed by atoms with Crippen LogP contribution in [0.4, 0.5) is 0 Å². The lowest BCUT2D eigenvalue weighted by Crippen LogP contribution is -2.41. The molecule has 0 amide bonds. The lowest BCUT2D eigenvalue weighted by atomic mass is 9.90. The summed E-state index contributed by atoms with van der Waals surface area (Å²) in [4.78, 5) is 12.7. The summed E-state index contributed by atoms with van der Waals surface area (Å²) in [6.07, 6.45) is 0.496. The Morgan fingerprint density at radius 3 is 2.62 bits per heavy atom. The number of hydrogen-bond donors (Lipinski definition) is 1. The smallest absolute Gasteiger partial charge is 0.308 e. The van der Waals surface area contributed by atoms with Crippen molar-refractivity contribution in [2.75, 3.05) is 0 Å². The first-order valence-corrected chi connectivity index (χ1v) is 13.5. The SMILES string of the molecule is CC1(C)C[C@H](NS(=O)(=O)c2ccc3c(c2)sc(=O)n3Cc2ccc(Cl)cc2)c2ccccc2O1. The van der Waals surface area contributed by atoms with Crippen LogP contribution in [0.1, 0.15) is 37.4 Å². The van der Waals surface area contributed by atoms with E-state index in [-0.39, 0.29) is 9.77 Å². The maximum atomic E-state index is 13.3. The number of fused-ring (bicyclic) bond motifs is 2. The van der Waals surface area contributed by atoms with Crippen LogP contribution in [0.2, 0.25) is 5.02 Å². The molecule has 9 heteroatoms. The first-order valence-electron chi connectivity index (χ1n) is 10.8. The molecule has 1 N–H and O–H groups in total. The second-order valence-electron chi connectivity index (χ2n) is 8.99. The van der Waals surface area contributed by atoms with Gasteiger partial charge in [0.05, 0.1) is 27.7 Å². The molecule has 1 atom stereocenters. The molecule has 0 fully saturated rings.